The van der Waals surface area contributed by atoms with Crippen LogP contribution in [0.25, 0.3) is 5.65 Å². The normalized spacial score (nSPS) is 10.7. The van der Waals surface area contributed by atoms with Gasteiger partial charge in [-0.2, -0.15) is 0 Å². The number of aromatic nitrogens is 3. The SMILES string of the molecule is Cc1ccc([N+](=O)[O-])c2nnc(C)n12. The second-order valence-electron chi connectivity index (χ2n) is 3.02. The first-order valence-electron chi connectivity index (χ1n) is 4.07. The highest BCUT2D eigenvalue weighted by molar-refractivity contribution is 5.59. The maximum absolute atomic E-state index is 10.7. The number of hydrogen-bond acceptors (Lipinski definition) is 4. The van der Waals surface area contributed by atoms with Crippen LogP contribution in [0.3, 0.4) is 0 Å². The summed E-state index contributed by atoms with van der Waals surface area (Å²) in [5.74, 6) is 0.654. The van der Waals surface area contributed by atoms with E-state index in [-0.39, 0.29) is 5.69 Å². The molecule has 2 rings (SSSR count). The molecule has 0 bridgehead atoms. The number of nitro groups is 1. The Morgan fingerprint density at radius 3 is 2.71 bits per heavy atom. The molecule has 2 heterocycles. The second-order valence-corrected chi connectivity index (χ2v) is 3.02. The van der Waals surface area contributed by atoms with E-state index in [0.29, 0.717) is 11.5 Å². The van der Waals surface area contributed by atoms with Crippen LogP contribution < -0.4 is 0 Å². The van der Waals surface area contributed by atoms with Crippen molar-refractivity contribution in [2.24, 2.45) is 0 Å². The molecule has 6 heteroatoms. The zero-order valence-corrected chi connectivity index (χ0v) is 7.76. The number of fused-ring (bicyclic) bond motifs is 1. The molecule has 0 aliphatic rings. The summed E-state index contributed by atoms with van der Waals surface area (Å²) in [6.07, 6.45) is 0. The van der Waals surface area contributed by atoms with Crippen molar-refractivity contribution in [2.75, 3.05) is 0 Å². The molecule has 0 unspecified atom stereocenters. The average molecular weight is 192 g/mol. The van der Waals surface area contributed by atoms with Gasteiger partial charge in [0, 0.05) is 11.8 Å². The van der Waals surface area contributed by atoms with Crippen molar-refractivity contribution >= 4 is 11.3 Å². The van der Waals surface area contributed by atoms with E-state index in [9.17, 15) is 10.1 Å². The van der Waals surface area contributed by atoms with Crippen molar-refractivity contribution in [3.05, 3.63) is 33.8 Å². The Morgan fingerprint density at radius 2 is 2.07 bits per heavy atom. The largest absolute Gasteiger partial charge is 0.314 e. The third kappa shape index (κ3) is 1.04. The average Bonchev–Trinajstić information content (AvgIpc) is 2.49. The van der Waals surface area contributed by atoms with Crippen molar-refractivity contribution in [3.8, 4) is 0 Å². The summed E-state index contributed by atoms with van der Waals surface area (Å²) in [5.41, 5.74) is 1.16. The molecule has 0 saturated carbocycles. The Balaban J connectivity index is 2.90. The second kappa shape index (κ2) is 2.76. The van der Waals surface area contributed by atoms with E-state index in [1.165, 1.54) is 6.07 Å². The fourth-order valence-electron chi connectivity index (χ4n) is 1.44. The number of hydrogen-bond donors (Lipinski definition) is 0. The Bertz CT molecular complexity index is 517. The molecule has 0 amide bonds. The monoisotopic (exact) mass is 192 g/mol. The van der Waals surface area contributed by atoms with E-state index in [1.807, 2.05) is 6.92 Å². The third-order valence-electron chi connectivity index (χ3n) is 2.09. The zero-order chi connectivity index (χ0) is 10.3. The molecule has 0 saturated heterocycles. The first-order valence-corrected chi connectivity index (χ1v) is 4.07. The minimum atomic E-state index is -0.455. The zero-order valence-electron chi connectivity index (χ0n) is 7.76. The number of nitrogens with zero attached hydrogens (tertiary/aromatic N) is 4. The van der Waals surface area contributed by atoms with Gasteiger partial charge in [-0.1, -0.05) is 0 Å². The summed E-state index contributed by atoms with van der Waals surface area (Å²) in [6, 6.07) is 3.13. The van der Waals surface area contributed by atoms with E-state index in [0.717, 1.165) is 5.69 Å². The van der Waals surface area contributed by atoms with Crippen LogP contribution in [-0.2, 0) is 0 Å². The van der Waals surface area contributed by atoms with Crippen LogP contribution in [-0.4, -0.2) is 19.5 Å². The van der Waals surface area contributed by atoms with Crippen LogP contribution in [0.1, 0.15) is 11.5 Å². The van der Waals surface area contributed by atoms with Crippen LogP contribution in [0.5, 0.6) is 0 Å². The molecular formula is C8H8N4O2. The van der Waals surface area contributed by atoms with Crippen LogP contribution in [0.2, 0.25) is 0 Å². The summed E-state index contributed by atoms with van der Waals surface area (Å²) < 4.78 is 1.66. The van der Waals surface area contributed by atoms with Gasteiger partial charge in [-0.3, -0.25) is 14.5 Å². The quantitative estimate of drug-likeness (QED) is 0.503. The Kier molecular flexibility index (Phi) is 1.70. The maximum atomic E-state index is 10.7. The van der Waals surface area contributed by atoms with E-state index >= 15 is 0 Å². The van der Waals surface area contributed by atoms with Gasteiger partial charge in [0.05, 0.1) is 4.92 Å². The molecule has 0 aliphatic carbocycles. The lowest BCUT2D eigenvalue weighted by Crippen LogP contribution is -1.98. The molecule has 0 aromatic carbocycles. The first-order chi connectivity index (χ1) is 6.61. The molecular weight excluding hydrogens is 184 g/mol. The third-order valence-corrected chi connectivity index (χ3v) is 2.09. The van der Waals surface area contributed by atoms with Crippen LogP contribution in [0.15, 0.2) is 12.1 Å². The molecule has 0 N–H and O–H groups in total. The highest BCUT2D eigenvalue weighted by Gasteiger charge is 2.16. The summed E-state index contributed by atoms with van der Waals surface area (Å²) in [7, 11) is 0. The molecule has 14 heavy (non-hydrogen) atoms. The lowest BCUT2D eigenvalue weighted by atomic mass is 10.3. The Hall–Kier alpha value is -1.98. The van der Waals surface area contributed by atoms with E-state index in [2.05, 4.69) is 10.2 Å². The van der Waals surface area contributed by atoms with Crippen molar-refractivity contribution < 1.29 is 4.92 Å². The van der Waals surface area contributed by atoms with Crippen LogP contribution in [0.4, 0.5) is 5.69 Å². The number of pyridine rings is 1. The highest BCUT2D eigenvalue weighted by atomic mass is 16.6. The van der Waals surface area contributed by atoms with Crippen molar-refractivity contribution in [1.29, 1.82) is 0 Å². The number of rotatable bonds is 1. The molecule has 2 aromatic rings. The fraction of sp³-hybridized carbons (Fsp3) is 0.250. The summed E-state index contributed by atoms with van der Waals surface area (Å²) in [5, 5.41) is 18.2. The van der Waals surface area contributed by atoms with Crippen molar-refractivity contribution in [3.63, 3.8) is 0 Å². The summed E-state index contributed by atoms with van der Waals surface area (Å²) >= 11 is 0. The lowest BCUT2D eigenvalue weighted by Gasteiger charge is -1.99. The van der Waals surface area contributed by atoms with E-state index in [4.69, 9.17) is 0 Å². The molecule has 0 radical (unpaired) electrons. The maximum Gasteiger partial charge on any atom is 0.314 e. The predicted octanol–water partition coefficient (Wildman–Crippen LogP) is 1.25. The van der Waals surface area contributed by atoms with E-state index < -0.39 is 4.92 Å². The minimum absolute atomic E-state index is 0.0174. The smallest absolute Gasteiger partial charge is 0.278 e. The van der Waals surface area contributed by atoms with Gasteiger partial charge in [0.15, 0.2) is 0 Å². The van der Waals surface area contributed by atoms with Gasteiger partial charge in [0.25, 0.3) is 0 Å². The van der Waals surface area contributed by atoms with Crippen molar-refractivity contribution in [2.45, 2.75) is 13.8 Å². The van der Waals surface area contributed by atoms with Gasteiger partial charge >= 0.3 is 5.69 Å². The van der Waals surface area contributed by atoms with Gasteiger partial charge < -0.3 is 0 Å². The van der Waals surface area contributed by atoms with E-state index in [1.54, 1.807) is 17.4 Å². The van der Waals surface area contributed by atoms with Gasteiger partial charge in [-0.15, -0.1) is 10.2 Å². The molecule has 72 valence electrons. The Labute approximate surface area is 79.3 Å². The predicted molar refractivity (Wildman–Crippen MR) is 49.1 cm³/mol. The fourth-order valence-corrected chi connectivity index (χ4v) is 1.44. The van der Waals surface area contributed by atoms with Crippen molar-refractivity contribution in [1.82, 2.24) is 14.6 Å². The van der Waals surface area contributed by atoms with Crippen LogP contribution in [0, 0.1) is 24.0 Å². The highest BCUT2D eigenvalue weighted by Crippen LogP contribution is 2.19. The minimum Gasteiger partial charge on any atom is -0.278 e. The summed E-state index contributed by atoms with van der Waals surface area (Å²) in [6.45, 7) is 3.61. The molecule has 0 fully saturated rings. The lowest BCUT2D eigenvalue weighted by molar-refractivity contribution is -0.383. The molecule has 0 aliphatic heterocycles. The standard InChI is InChI=1S/C8H8N4O2/c1-5-3-4-7(12(13)14)8-10-9-6(2)11(5)8/h3-4H,1-2H3. The van der Waals surface area contributed by atoms with Gasteiger partial charge in [-0.05, 0) is 19.9 Å². The first kappa shape index (κ1) is 8.61. The number of aryl methyl sites for hydroxylation is 2. The molecule has 0 atom stereocenters. The Morgan fingerprint density at radius 1 is 1.36 bits per heavy atom. The molecule has 2 aromatic heterocycles. The van der Waals surface area contributed by atoms with Gasteiger partial charge in [0.1, 0.15) is 5.82 Å². The van der Waals surface area contributed by atoms with Gasteiger partial charge in [-0.25, -0.2) is 0 Å². The van der Waals surface area contributed by atoms with Gasteiger partial charge in [0.2, 0.25) is 5.65 Å². The molecule has 6 nitrogen and oxygen atoms in total. The van der Waals surface area contributed by atoms with Crippen LogP contribution >= 0.6 is 0 Å². The summed E-state index contributed by atoms with van der Waals surface area (Å²) in [4.78, 5) is 10.2. The molecule has 0 spiro atoms. The topological polar surface area (TPSA) is 73.3 Å².